The van der Waals surface area contributed by atoms with Gasteiger partial charge < -0.3 is 10.1 Å². The topological polar surface area (TPSA) is 111 Å². The average molecular weight is 421 g/mol. The summed E-state index contributed by atoms with van der Waals surface area (Å²) in [6.45, 7) is 6.26. The van der Waals surface area contributed by atoms with Crippen LogP contribution in [0.4, 0.5) is 20.2 Å². The number of carbonyl (C=O) groups is 2. The van der Waals surface area contributed by atoms with Crippen molar-refractivity contribution in [1.29, 1.82) is 0 Å². The largest absolute Gasteiger partial charge is 0.462 e. The maximum atomic E-state index is 13.6. The van der Waals surface area contributed by atoms with E-state index in [2.05, 4.69) is 15.4 Å². The van der Waals surface area contributed by atoms with Crippen molar-refractivity contribution in [2.75, 3.05) is 5.32 Å². The highest BCUT2D eigenvalue weighted by Gasteiger charge is 2.30. The Morgan fingerprint density at radius 1 is 1.27 bits per heavy atom. The number of fused-ring (bicyclic) bond motifs is 1. The number of halogens is 2. The predicted octanol–water partition coefficient (Wildman–Crippen LogP) is 3.61. The number of amides is 1. The van der Waals surface area contributed by atoms with Crippen LogP contribution in [0, 0.1) is 21.7 Å². The molecule has 10 heteroatoms. The molecule has 1 heterocycles. The van der Waals surface area contributed by atoms with Crippen LogP contribution in [0.5, 0.6) is 0 Å². The molecular weight excluding hydrogens is 400 g/mol. The Labute approximate surface area is 171 Å². The van der Waals surface area contributed by atoms with E-state index in [1.807, 2.05) is 20.8 Å². The first-order chi connectivity index (χ1) is 14.0. The number of nitro groups is 1. The number of benzene rings is 2. The summed E-state index contributed by atoms with van der Waals surface area (Å²) < 4.78 is 31.7. The monoisotopic (exact) mass is 421 g/mol. The van der Waals surface area contributed by atoms with Gasteiger partial charge in [0.05, 0.1) is 4.92 Å². The molecule has 1 aliphatic rings. The Kier molecular flexibility index (Phi) is 7.17. The molecule has 0 fully saturated rings. The van der Waals surface area contributed by atoms with E-state index in [9.17, 15) is 28.5 Å². The Balaban J connectivity index is 0.000000396. The molecule has 0 aliphatic carbocycles. The lowest BCUT2D eigenvalue weighted by molar-refractivity contribution is -0.384. The molecule has 30 heavy (non-hydrogen) atoms. The lowest BCUT2D eigenvalue weighted by Gasteiger charge is -2.14. The van der Waals surface area contributed by atoms with E-state index in [0.29, 0.717) is 18.6 Å². The highest BCUT2D eigenvalue weighted by molar-refractivity contribution is 5.96. The van der Waals surface area contributed by atoms with Gasteiger partial charge in [-0.05, 0) is 44.0 Å². The summed E-state index contributed by atoms with van der Waals surface area (Å²) in [6, 6.07) is 6.52. The highest BCUT2D eigenvalue weighted by atomic mass is 19.1. The van der Waals surface area contributed by atoms with E-state index in [-0.39, 0.29) is 11.3 Å². The second kappa shape index (κ2) is 9.40. The minimum atomic E-state index is -0.913. The molecule has 0 unspecified atom stereocenters. The number of hydrogen-bond donors (Lipinski definition) is 2. The number of carbonyl (C=O) groups excluding carboxylic acids is 2. The molecule has 8 nitrogen and oxygen atoms in total. The Morgan fingerprint density at radius 2 is 1.90 bits per heavy atom. The fourth-order valence-electron chi connectivity index (χ4n) is 2.64. The van der Waals surface area contributed by atoms with E-state index >= 15 is 0 Å². The molecule has 0 saturated carbocycles. The van der Waals surface area contributed by atoms with Crippen LogP contribution in [0.1, 0.15) is 37.9 Å². The van der Waals surface area contributed by atoms with Crippen LogP contribution in [0.15, 0.2) is 36.4 Å². The fraction of sp³-hybridized carbons (Fsp3) is 0.300. The molecule has 2 N–H and O–H groups in total. The molecule has 0 saturated heterocycles. The Bertz CT molecular complexity index is 940. The maximum Gasteiger partial charge on any atom is 0.293 e. The smallest absolute Gasteiger partial charge is 0.293 e. The highest BCUT2D eigenvalue weighted by Crippen LogP contribution is 2.30. The van der Waals surface area contributed by atoms with Crippen molar-refractivity contribution in [3.05, 3.63) is 69.3 Å². The van der Waals surface area contributed by atoms with Gasteiger partial charge in [-0.3, -0.25) is 25.0 Å². The number of para-hydroxylation sites is 1. The Morgan fingerprint density at radius 3 is 2.40 bits per heavy atom. The van der Waals surface area contributed by atoms with Crippen molar-refractivity contribution in [1.82, 2.24) is 5.32 Å². The minimum Gasteiger partial charge on any atom is -0.462 e. The molecule has 3 rings (SSSR count). The summed E-state index contributed by atoms with van der Waals surface area (Å²) in [5.74, 6) is -2.47. The maximum absolute atomic E-state index is 13.6. The van der Waals surface area contributed by atoms with Crippen LogP contribution in [0.25, 0.3) is 0 Å². The first-order valence-electron chi connectivity index (χ1n) is 8.90. The van der Waals surface area contributed by atoms with Gasteiger partial charge >= 0.3 is 0 Å². The minimum absolute atomic E-state index is 0.151. The molecule has 1 atom stereocenters. The average Bonchev–Trinajstić information content (AvgIpc) is 3.07. The van der Waals surface area contributed by atoms with Crippen molar-refractivity contribution in [2.45, 2.75) is 39.0 Å². The zero-order valence-corrected chi connectivity index (χ0v) is 16.6. The van der Waals surface area contributed by atoms with Crippen LogP contribution >= 0.6 is 0 Å². The third-order valence-electron chi connectivity index (χ3n) is 4.02. The molecule has 2 aromatic carbocycles. The zero-order valence-electron chi connectivity index (χ0n) is 16.6. The Hall–Kier alpha value is -3.40. The second-order valence-corrected chi connectivity index (χ2v) is 7.37. The standard InChI is InChI=1S/C15H11F2N3O3.C5H10O2/c16-11-2-1-3-12(17)14(11)19-15(21)13-10-6-9(20(22)23)5-4-8(10)7-18-13;1-5(2,3)7-4-6/h1-6,13,18H,7H2,(H,19,21);4H,1-3H3/t13-;/m0./s1. The first-order valence-corrected chi connectivity index (χ1v) is 8.90. The number of non-ortho nitro benzene ring substituents is 1. The van der Waals surface area contributed by atoms with Crippen molar-refractivity contribution in [3.8, 4) is 0 Å². The molecule has 0 radical (unpaired) electrons. The van der Waals surface area contributed by atoms with Crippen LogP contribution in [0.2, 0.25) is 0 Å². The van der Waals surface area contributed by atoms with Gasteiger partial charge in [0, 0.05) is 18.7 Å². The van der Waals surface area contributed by atoms with Gasteiger partial charge in [0.2, 0.25) is 5.91 Å². The second-order valence-electron chi connectivity index (χ2n) is 7.37. The molecule has 160 valence electrons. The fourth-order valence-corrected chi connectivity index (χ4v) is 2.64. The van der Waals surface area contributed by atoms with E-state index in [1.54, 1.807) is 6.07 Å². The number of ether oxygens (including phenoxy) is 1. The third kappa shape index (κ3) is 5.80. The van der Waals surface area contributed by atoms with E-state index < -0.39 is 34.2 Å². The number of anilines is 1. The van der Waals surface area contributed by atoms with Gasteiger partial charge in [-0.2, -0.15) is 0 Å². The number of nitrogens with one attached hydrogen (secondary N) is 2. The number of hydrogen-bond acceptors (Lipinski definition) is 6. The normalized spacial score (nSPS) is 14.8. The number of rotatable bonds is 4. The van der Waals surface area contributed by atoms with Crippen LogP contribution in [-0.2, 0) is 20.9 Å². The van der Waals surface area contributed by atoms with Gasteiger partial charge in [0.15, 0.2) is 0 Å². The van der Waals surface area contributed by atoms with Gasteiger partial charge in [0.1, 0.15) is 29.0 Å². The van der Waals surface area contributed by atoms with Crippen molar-refractivity contribution in [2.24, 2.45) is 0 Å². The molecule has 1 aliphatic heterocycles. The van der Waals surface area contributed by atoms with Crippen LogP contribution < -0.4 is 10.6 Å². The lowest BCUT2D eigenvalue weighted by atomic mass is 10.0. The van der Waals surface area contributed by atoms with Crippen molar-refractivity contribution in [3.63, 3.8) is 0 Å². The molecule has 1 amide bonds. The SMILES string of the molecule is CC(C)(C)OC=O.O=C(Nc1c(F)cccc1F)[C@H]1NCc2ccc([N+](=O)[O-])cc21. The van der Waals surface area contributed by atoms with Crippen LogP contribution in [0.3, 0.4) is 0 Å². The van der Waals surface area contributed by atoms with Gasteiger partial charge in [-0.25, -0.2) is 8.78 Å². The summed E-state index contributed by atoms with van der Waals surface area (Å²) in [6.07, 6.45) is 0. The van der Waals surface area contributed by atoms with Gasteiger partial charge in [0.25, 0.3) is 12.2 Å². The molecule has 0 aromatic heterocycles. The molecule has 2 aromatic rings. The summed E-state index contributed by atoms with van der Waals surface area (Å²) in [5, 5.41) is 15.9. The van der Waals surface area contributed by atoms with Crippen molar-refractivity contribution < 1.29 is 28.0 Å². The lowest BCUT2D eigenvalue weighted by Crippen LogP contribution is -2.28. The number of nitro benzene ring substituents is 1. The molecule has 0 bridgehead atoms. The van der Waals surface area contributed by atoms with E-state index in [0.717, 1.165) is 17.7 Å². The number of nitrogens with zero attached hydrogens (tertiary/aromatic N) is 1. The summed E-state index contributed by atoms with van der Waals surface area (Å²) >= 11 is 0. The van der Waals surface area contributed by atoms with Crippen LogP contribution in [-0.4, -0.2) is 22.9 Å². The summed E-state index contributed by atoms with van der Waals surface area (Å²) in [4.78, 5) is 32.2. The quantitative estimate of drug-likeness (QED) is 0.443. The van der Waals surface area contributed by atoms with Gasteiger partial charge in [-0.15, -0.1) is 0 Å². The summed E-state index contributed by atoms with van der Waals surface area (Å²) in [5.41, 5.74) is 0.139. The first kappa shape index (κ1) is 22.9. The third-order valence-corrected chi connectivity index (χ3v) is 4.02. The predicted molar refractivity (Wildman–Crippen MR) is 105 cm³/mol. The van der Waals surface area contributed by atoms with E-state index in [4.69, 9.17) is 0 Å². The molecular formula is C20H21F2N3O5. The summed E-state index contributed by atoms with van der Waals surface area (Å²) in [7, 11) is 0. The van der Waals surface area contributed by atoms with Crippen molar-refractivity contribution >= 4 is 23.8 Å². The molecule has 0 spiro atoms. The zero-order chi connectivity index (χ0) is 22.5. The van der Waals surface area contributed by atoms with E-state index in [1.165, 1.54) is 18.2 Å². The van der Waals surface area contributed by atoms with Gasteiger partial charge in [-0.1, -0.05) is 12.1 Å².